The molecule has 0 atom stereocenters. The maximum Gasteiger partial charge on any atom is 0.341 e. The van der Waals surface area contributed by atoms with Gasteiger partial charge in [0, 0.05) is 20.7 Å². The van der Waals surface area contributed by atoms with Crippen molar-refractivity contribution in [2.24, 2.45) is 0 Å². The molecule has 4 nitrogen and oxygen atoms in total. The van der Waals surface area contributed by atoms with Gasteiger partial charge in [0.15, 0.2) is 6.61 Å². The van der Waals surface area contributed by atoms with E-state index in [-0.39, 0.29) is 6.61 Å². The molecule has 0 fully saturated rings. The smallest absolute Gasteiger partial charge is 0.341 e. The number of carboxylic acid groups (broad SMARTS) is 1. The quantitative estimate of drug-likeness (QED) is 0.335. The molecule has 1 N–H and O–H groups in total. The van der Waals surface area contributed by atoms with Gasteiger partial charge in [-0.05, 0) is 84.0 Å². The van der Waals surface area contributed by atoms with Gasteiger partial charge >= 0.3 is 5.97 Å². The highest BCUT2D eigenvalue weighted by atomic mass is 35.5. The number of rotatable bonds is 9. The van der Waals surface area contributed by atoms with Gasteiger partial charge in [-0.2, -0.15) is 0 Å². The van der Waals surface area contributed by atoms with E-state index in [0.717, 1.165) is 41.9 Å². The summed E-state index contributed by atoms with van der Waals surface area (Å²) < 4.78 is 11.3. The molecule has 1 aliphatic rings. The summed E-state index contributed by atoms with van der Waals surface area (Å²) >= 11 is 13.9. The predicted octanol–water partition coefficient (Wildman–Crippen LogP) is 6.82. The molecule has 0 unspecified atom stereocenters. The zero-order valence-corrected chi connectivity index (χ0v) is 19.6. The minimum Gasteiger partial charge on any atom is -0.489 e. The van der Waals surface area contributed by atoms with E-state index < -0.39 is 5.97 Å². The molecule has 7 heteroatoms. The lowest BCUT2D eigenvalue weighted by Crippen LogP contribution is -2.10. The average Bonchev–Trinajstić information content (AvgIpc) is 3.25. The number of carbonyl (C=O) groups is 1. The van der Waals surface area contributed by atoms with E-state index in [9.17, 15) is 4.79 Å². The van der Waals surface area contributed by atoms with Crippen LogP contribution in [0.4, 0.5) is 0 Å². The van der Waals surface area contributed by atoms with Crippen LogP contribution in [0, 0.1) is 0 Å². The first-order valence-electron chi connectivity index (χ1n) is 10.3. The van der Waals surface area contributed by atoms with E-state index in [1.165, 1.54) is 16.0 Å². The molecule has 0 radical (unpaired) electrons. The summed E-state index contributed by atoms with van der Waals surface area (Å²) in [7, 11) is 0. The molecule has 1 aliphatic carbocycles. The maximum absolute atomic E-state index is 10.8. The first-order valence-corrected chi connectivity index (χ1v) is 12.0. The van der Waals surface area contributed by atoms with Crippen LogP contribution in [0.25, 0.3) is 0 Å². The molecule has 0 bridgehead atoms. The van der Waals surface area contributed by atoms with E-state index in [0.29, 0.717) is 22.4 Å². The van der Waals surface area contributed by atoms with Crippen molar-refractivity contribution in [3.05, 3.63) is 86.9 Å². The Morgan fingerprint density at radius 3 is 2.34 bits per heavy atom. The second-order valence-electron chi connectivity index (χ2n) is 7.55. The van der Waals surface area contributed by atoms with E-state index >= 15 is 0 Å². The van der Waals surface area contributed by atoms with Crippen LogP contribution in [-0.4, -0.2) is 17.7 Å². The molecule has 3 aromatic rings. The van der Waals surface area contributed by atoms with E-state index in [1.54, 1.807) is 17.8 Å². The molecule has 32 heavy (non-hydrogen) atoms. The van der Waals surface area contributed by atoms with Crippen molar-refractivity contribution in [2.75, 3.05) is 6.61 Å². The Labute approximate surface area is 201 Å². The van der Waals surface area contributed by atoms with Crippen molar-refractivity contribution in [1.29, 1.82) is 0 Å². The van der Waals surface area contributed by atoms with Crippen LogP contribution in [0.3, 0.4) is 0 Å². The molecule has 166 valence electrons. The topological polar surface area (TPSA) is 55.8 Å². The first kappa shape index (κ1) is 22.8. The highest BCUT2D eigenvalue weighted by Crippen LogP contribution is 2.38. The number of thioether (sulfide) groups is 1. The van der Waals surface area contributed by atoms with Crippen molar-refractivity contribution < 1.29 is 19.4 Å². The predicted molar refractivity (Wildman–Crippen MR) is 128 cm³/mol. The third-order valence-electron chi connectivity index (χ3n) is 5.20. The minimum atomic E-state index is -0.959. The van der Waals surface area contributed by atoms with E-state index in [4.69, 9.17) is 37.8 Å². The zero-order valence-electron chi connectivity index (χ0n) is 17.3. The van der Waals surface area contributed by atoms with E-state index in [1.807, 2.05) is 36.4 Å². The lowest BCUT2D eigenvalue weighted by Gasteiger charge is -2.13. The molecular weight excluding hydrogens is 467 g/mol. The Hall–Kier alpha value is -2.34. The molecule has 0 heterocycles. The van der Waals surface area contributed by atoms with Gasteiger partial charge < -0.3 is 14.6 Å². The van der Waals surface area contributed by atoms with Crippen LogP contribution in [0.5, 0.6) is 11.5 Å². The van der Waals surface area contributed by atoms with Crippen LogP contribution in [0.1, 0.15) is 28.7 Å². The summed E-state index contributed by atoms with van der Waals surface area (Å²) in [6.07, 6.45) is 3.00. The molecule has 0 aromatic heterocycles. The van der Waals surface area contributed by atoms with Gasteiger partial charge in [0.25, 0.3) is 0 Å². The normalized spacial score (nSPS) is 12.4. The molecular formula is C25H22Cl2O4S. The number of fused-ring (bicyclic) bond motifs is 1. The van der Waals surface area contributed by atoms with Crippen LogP contribution in [0.15, 0.2) is 59.5 Å². The van der Waals surface area contributed by atoms with Crippen molar-refractivity contribution in [1.82, 2.24) is 0 Å². The Bertz CT molecular complexity index is 1100. The lowest BCUT2D eigenvalue weighted by atomic mass is 10.1. The summed E-state index contributed by atoms with van der Waals surface area (Å²) in [6, 6.07) is 17.4. The van der Waals surface area contributed by atoms with Crippen LogP contribution in [-0.2, 0) is 30.0 Å². The SMILES string of the molecule is O=C(O)COc1ccc(SCc2ccc(OCc3cc(Cl)cc(Cl)c3)cc2)c2c1CCC2. The van der Waals surface area contributed by atoms with Crippen molar-refractivity contribution in [2.45, 2.75) is 36.5 Å². The highest BCUT2D eigenvalue weighted by molar-refractivity contribution is 7.98. The fraction of sp³-hybridized carbons (Fsp3) is 0.240. The van der Waals surface area contributed by atoms with Crippen molar-refractivity contribution >= 4 is 40.9 Å². The van der Waals surface area contributed by atoms with Gasteiger partial charge in [0.1, 0.15) is 18.1 Å². The van der Waals surface area contributed by atoms with E-state index in [2.05, 4.69) is 12.1 Å². The van der Waals surface area contributed by atoms with Crippen LogP contribution >= 0.6 is 35.0 Å². The van der Waals surface area contributed by atoms with Gasteiger partial charge in [-0.3, -0.25) is 0 Å². The molecule has 0 saturated carbocycles. The summed E-state index contributed by atoms with van der Waals surface area (Å²) in [6.45, 7) is 0.0918. The van der Waals surface area contributed by atoms with Gasteiger partial charge in [0.2, 0.25) is 0 Å². The number of hydrogen-bond acceptors (Lipinski definition) is 4. The fourth-order valence-corrected chi connectivity index (χ4v) is 5.40. The summed E-state index contributed by atoms with van der Waals surface area (Å²) in [5.74, 6) is 1.37. The molecule has 0 saturated heterocycles. The van der Waals surface area contributed by atoms with Crippen LogP contribution < -0.4 is 9.47 Å². The first-order chi connectivity index (χ1) is 15.5. The molecule has 0 spiro atoms. The number of aliphatic carboxylic acids is 1. The second-order valence-corrected chi connectivity index (χ2v) is 9.44. The molecule has 0 aliphatic heterocycles. The fourth-order valence-electron chi connectivity index (χ4n) is 3.75. The minimum absolute atomic E-state index is 0.308. The monoisotopic (exact) mass is 488 g/mol. The Morgan fingerprint density at radius 1 is 0.906 bits per heavy atom. The Balaban J connectivity index is 1.35. The summed E-state index contributed by atoms with van der Waals surface area (Å²) in [5, 5.41) is 10.1. The van der Waals surface area contributed by atoms with Gasteiger partial charge in [-0.1, -0.05) is 35.3 Å². The Morgan fingerprint density at radius 2 is 1.62 bits per heavy atom. The molecule has 0 amide bonds. The van der Waals surface area contributed by atoms with Crippen molar-refractivity contribution in [3.63, 3.8) is 0 Å². The highest BCUT2D eigenvalue weighted by Gasteiger charge is 2.20. The number of hydrogen-bond donors (Lipinski definition) is 1. The molecule has 4 rings (SSSR count). The zero-order chi connectivity index (χ0) is 22.5. The van der Waals surface area contributed by atoms with Gasteiger partial charge in [0.05, 0.1) is 0 Å². The lowest BCUT2D eigenvalue weighted by molar-refractivity contribution is -0.139. The van der Waals surface area contributed by atoms with Crippen LogP contribution in [0.2, 0.25) is 10.0 Å². The average molecular weight is 489 g/mol. The summed E-state index contributed by atoms with van der Waals surface area (Å²) in [5.41, 5.74) is 4.57. The Kier molecular flexibility index (Phi) is 7.51. The van der Waals surface area contributed by atoms with Gasteiger partial charge in [-0.25, -0.2) is 4.79 Å². The molecule has 3 aromatic carbocycles. The largest absolute Gasteiger partial charge is 0.489 e. The number of halogens is 2. The third kappa shape index (κ3) is 5.91. The number of ether oxygens (including phenoxy) is 2. The summed E-state index contributed by atoms with van der Waals surface area (Å²) in [4.78, 5) is 12.0. The number of benzene rings is 3. The number of carboxylic acids is 1. The standard InChI is InChI=1S/C25H22Cl2O4S/c26-18-10-17(11-19(27)12-18)13-30-20-6-4-16(5-7-20)15-32-24-9-8-23(31-14-25(28)29)21-2-1-3-22(21)24/h4-12H,1-3,13-15H2,(H,28,29). The second kappa shape index (κ2) is 10.5. The third-order valence-corrected chi connectivity index (χ3v) is 6.80. The van der Waals surface area contributed by atoms with Crippen molar-refractivity contribution in [3.8, 4) is 11.5 Å². The maximum atomic E-state index is 10.8. The van der Waals surface area contributed by atoms with Gasteiger partial charge in [-0.15, -0.1) is 11.8 Å².